The van der Waals surface area contributed by atoms with E-state index in [1.807, 2.05) is 0 Å². The number of hydrogen-bond acceptors (Lipinski definition) is 6. The smallest absolute Gasteiger partial charge is 0.341 e. The number of methoxy groups -OCH3 is 1. The van der Waals surface area contributed by atoms with Crippen LogP contribution in [0.3, 0.4) is 0 Å². The molecule has 1 N–H and O–H groups in total. The van der Waals surface area contributed by atoms with E-state index < -0.39 is 5.97 Å². The number of esters is 1. The molecule has 3 aromatic rings. The number of rotatable bonds is 5. The third-order valence-electron chi connectivity index (χ3n) is 5.40. The van der Waals surface area contributed by atoms with Gasteiger partial charge in [0, 0.05) is 62.2 Å². The van der Waals surface area contributed by atoms with Crippen molar-refractivity contribution in [1.29, 1.82) is 0 Å². The number of nitrogens with zero attached hydrogens (tertiary/aromatic N) is 4. The summed E-state index contributed by atoms with van der Waals surface area (Å²) in [5.74, 6) is 0.253. The number of piperidine rings is 1. The van der Waals surface area contributed by atoms with Gasteiger partial charge in [-0.25, -0.2) is 14.8 Å². The minimum Gasteiger partial charge on any atom is -0.465 e. The molecular weight excluding hydrogens is 354 g/mol. The summed E-state index contributed by atoms with van der Waals surface area (Å²) in [5, 5.41) is 5.02. The Morgan fingerprint density at radius 1 is 1.21 bits per heavy atom. The van der Waals surface area contributed by atoms with Crippen molar-refractivity contribution in [2.24, 2.45) is 7.05 Å². The van der Waals surface area contributed by atoms with Crippen LogP contribution in [0.1, 0.15) is 28.8 Å². The quantitative estimate of drug-likeness (QED) is 0.687. The van der Waals surface area contributed by atoms with E-state index in [2.05, 4.69) is 67.0 Å². The maximum atomic E-state index is 11.5. The summed E-state index contributed by atoms with van der Waals surface area (Å²) in [6.07, 6.45) is 7.33. The summed E-state index contributed by atoms with van der Waals surface area (Å²) < 4.78 is 6.87. The van der Waals surface area contributed by atoms with E-state index in [0.717, 1.165) is 32.5 Å². The average molecular weight is 379 g/mol. The molecule has 0 atom stereocenters. The lowest BCUT2D eigenvalue weighted by Crippen LogP contribution is -2.42. The minimum atomic E-state index is -0.414. The van der Waals surface area contributed by atoms with Crippen molar-refractivity contribution in [3.63, 3.8) is 0 Å². The number of aryl methyl sites for hydroxylation is 1. The number of anilines is 1. The summed E-state index contributed by atoms with van der Waals surface area (Å²) in [4.78, 5) is 22.3. The molecule has 4 rings (SSSR count). The molecule has 1 aromatic carbocycles. The van der Waals surface area contributed by atoms with Crippen molar-refractivity contribution in [3.05, 3.63) is 54.0 Å². The Labute approximate surface area is 164 Å². The van der Waals surface area contributed by atoms with Gasteiger partial charge in [-0.15, -0.1) is 0 Å². The van der Waals surface area contributed by atoms with Gasteiger partial charge in [0.1, 0.15) is 0 Å². The molecule has 0 unspecified atom stereocenters. The average Bonchev–Trinajstić information content (AvgIpc) is 3.08. The van der Waals surface area contributed by atoms with Gasteiger partial charge in [0.15, 0.2) is 0 Å². The van der Waals surface area contributed by atoms with Crippen LogP contribution in [0.2, 0.25) is 0 Å². The van der Waals surface area contributed by atoms with Crippen LogP contribution in [0.4, 0.5) is 5.95 Å². The van der Waals surface area contributed by atoms with Crippen molar-refractivity contribution < 1.29 is 9.53 Å². The van der Waals surface area contributed by atoms with Crippen LogP contribution in [0.15, 0.2) is 42.9 Å². The summed E-state index contributed by atoms with van der Waals surface area (Å²) in [7, 11) is 3.45. The van der Waals surface area contributed by atoms with Crippen molar-refractivity contribution in [2.75, 3.05) is 25.1 Å². The topological polar surface area (TPSA) is 72.3 Å². The predicted octanol–water partition coefficient (Wildman–Crippen LogP) is 2.51. The Morgan fingerprint density at radius 3 is 2.64 bits per heavy atom. The number of fused-ring (bicyclic) bond motifs is 1. The van der Waals surface area contributed by atoms with E-state index in [-0.39, 0.29) is 0 Å². The first-order chi connectivity index (χ1) is 13.7. The monoisotopic (exact) mass is 379 g/mol. The van der Waals surface area contributed by atoms with Crippen LogP contribution in [0.5, 0.6) is 0 Å². The molecule has 3 heterocycles. The van der Waals surface area contributed by atoms with Crippen LogP contribution in [0, 0.1) is 0 Å². The van der Waals surface area contributed by atoms with E-state index in [1.54, 1.807) is 0 Å². The maximum absolute atomic E-state index is 11.5. The SMILES string of the molecule is COC(=O)c1cnc(N2CCC(NCc3cn(C)c4ccccc34)CC2)nc1. The molecule has 7 heteroatoms. The van der Waals surface area contributed by atoms with Crippen LogP contribution in [-0.2, 0) is 18.3 Å². The Hall–Kier alpha value is -2.93. The van der Waals surface area contributed by atoms with E-state index in [1.165, 1.54) is 36.0 Å². The standard InChI is InChI=1S/C21H25N5O2/c1-25-14-16(18-5-3-4-6-19(18)25)13-22-17-7-9-26(10-8-17)21-23-11-15(12-24-21)20(27)28-2/h3-6,11-12,14,17,22H,7-10,13H2,1-2H3. The number of carbonyl (C=O) groups excluding carboxylic acids is 1. The largest absolute Gasteiger partial charge is 0.465 e. The number of hydrogen-bond donors (Lipinski definition) is 1. The van der Waals surface area contributed by atoms with Gasteiger partial charge < -0.3 is 19.5 Å². The van der Waals surface area contributed by atoms with Crippen molar-refractivity contribution in [3.8, 4) is 0 Å². The second-order valence-electron chi connectivity index (χ2n) is 7.19. The normalized spacial score (nSPS) is 15.1. The second kappa shape index (κ2) is 7.98. The highest BCUT2D eigenvalue weighted by Gasteiger charge is 2.21. The van der Waals surface area contributed by atoms with Crippen molar-refractivity contribution in [2.45, 2.75) is 25.4 Å². The number of para-hydroxylation sites is 1. The molecule has 146 valence electrons. The van der Waals surface area contributed by atoms with Crippen LogP contribution < -0.4 is 10.2 Å². The third kappa shape index (κ3) is 3.71. The number of aromatic nitrogens is 3. The molecule has 1 aliphatic heterocycles. The highest BCUT2D eigenvalue weighted by molar-refractivity contribution is 5.88. The molecule has 2 aromatic heterocycles. The zero-order valence-corrected chi connectivity index (χ0v) is 16.3. The molecule has 7 nitrogen and oxygen atoms in total. The fourth-order valence-corrected chi connectivity index (χ4v) is 3.81. The van der Waals surface area contributed by atoms with Gasteiger partial charge in [0.25, 0.3) is 0 Å². The lowest BCUT2D eigenvalue weighted by Gasteiger charge is -2.32. The predicted molar refractivity (Wildman–Crippen MR) is 108 cm³/mol. The van der Waals surface area contributed by atoms with Gasteiger partial charge >= 0.3 is 5.97 Å². The molecule has 1 saturated heterocycles. The van der Waals surface area contributed by atoms with Gasteiger partial charge in [-0.2, -0.15) is 0 Å². The van der Waals surface area contributed by atoms with Gasteiger partial charge in [0.05, 0.1) is 12.7 Å². The number of carbonyl (C=O) groups is 1. The van der Waals surface area contributed by atoms with E-state index >= 15 is 0 Å². The van der Waals surface area contributed by atoms with Gasteiger partial charge in [-0.05, 0) is 24.5 Å². The van der Waals surface area contributed by atoms with Crippen LogP contribution in [0.25, 0.3) is 10.9 Å². The molecule has 0 spiro atoms. The molecule has 0 radical (unpaired) electrons. The highest BCUT2D eigenvalue weighted by atomic mass is 16.5. The molecule has 1 aliphatic rings. The molecule has 0 aliphatic carbocycles. The minimum absolute atomic E-state index is 0.373. The third-order valence-corrected chi connectivity index (χ3v) is 5.40. The maximum Gasteiger partial charge on any atom is 0.341 e. The van der Waals surface area contributed by atoms with E-state index in [9.17, 15) is 4.79 Å². The second-order valence-corrected chi connectivity index (χ2v) is 7.19. The van der Waals surface area contributed by atoms with Gasteiger partial charge in [-0.1, -0.05) is 18.2 Å². The van der Waals surface area contributed by atoms with Crippen molar-refractivity contribution >= 4 is 22.8 Å². The number of benzene rings is 1. The summed E-state index contributed by atoms with van der Waals surface area (Å²) in [6.45, 7) is 2.66. The fraction of sp³-hybridized carbons (Fsp3) is 0.381. The van der Waals surface area contributed by atoms with E-state index in [4.69, 9.17) is 0 Å². The summed E-state index contributed by atoms with van der Waals surface area (Å²) in [5.41, 5.74) is 2.97. The van der Waals surface area contributed by atoms with Crippen molar-refractivity contribution in [1.82, 2.24) is 19.9 Å². The first-order valence-electron chi connectivity index (χ1n) is 9.57. The summed E-state index contributed by atoms with van der Waals surface area (Å²) >= 11 is 0. The molecule has 1 fully saturated rings. The fourth-order valence-electron chi connectivity index (χ4n) is 3.81. The first kappa shape index (κ1) is 18.4. The molecule has 28 heavy (non-hydrogen) atoms. The van der Waals surface area contributed by atoms with Crippen LogP contribution >= 0.6 is 0 Å². The van der Waals surface area contributed by atoms with E-state index in [0.29, 0.717) is 17.6 Å². The Balaban J connectivity index is 1.32. The molecule has 0 bridgehead atoms. The number of nitrogens with one attached hydrogen (secondary N) is 1. The Kier molecular flexibility index (Phi) is 5.25. The lowest BCUT2D eigenvalue weighted by molar-refractivity contribution is 0.0600. The highest BCUT2D eigenvalue weighted by Crippen LogP contribution is 2.21. The van der Waals surface area contributed by atoms with Gasteiger partial charge in [-0.3, -0.25) is 0 Å². The first-order valence-corrected chi connectivity index (χ1v) is 9.57. The molecule has 0 amide bonds. The Bertz CT molecular complexity index is 959. The zero-order chi connectivity index (χ0) is 19.5. The lowest BCUT2D eigenvalue weighted by atomic mass is 10.0. The van der Waals surface area contributed by atoms with Crippen LogP contribution in [-0.4, -0.2) is 46.7 Å². The molecular formula is C21H25N5O2. The van der Waals surface area contributed by atoms with Gasteiger partial charge in [0.2, 0.25) is 5.95 Å². The number of ether oxygens (including phenoxy) is 1. The molecule has 0 saturated carbocycles. The zero-order valence-electron chi connectivity index (χ0n) is 16.3. The summed E-state index contributed by atoms with van der Waals surface area (Å²) in [6, 6.07) is 8.99. The Morgan fingerprint density at radius 2 is 1.93 bits per heavy atom.